The standard InChI is InChI=1S/C17H18BrNO5/c1-22-10-13-7-8-15(24-13)17(21)19-14(9-16(20)23-2)11-3-5-12(18)6-4-11/h3-8,14H,9-10H2,1-2H3,(H,19,21). The highest BCUT2D eigenvalue weighted by Gasteiger charge is 2.21. The second-order valence-corrected chi connectivity index (χ2v) is 5.97. The molecule has 2 aromatic rings. The van der Waals surface area contributed by atoms with Crippen molar-refractivity contribution in [1.29, 1.82) is 0 Å². The molecule has 0 saturated carbocycles. The molecule has 24 heavy (non-hydrogen) atoms. The average molecular weight is 396 g/mol. The molecule has 0 bridgehead atoms. The van der Waals surface area contributed by atoms with Gasteiger partial charge in [-0.05, 0) is 29.8 Å². The van der Waals surface area contributed by atoms with E-state index in [0.717, 1.165) is 10.0 Å². The number of furan rings is 1. The van der Waals surface area contributed by atoms with Gasteiger partial charge in [-0.25, -0.2) is 0 Å². The molecule has 1 atom stereocenters. The lowest BCUT2D eigenvalue weighted by molar-refractivity contribution is -0.141. The van der Waals surface area contributed by atoms with Gasteiger partial charge in [0, 0.05) is 11.6 Å². The van der Waals surface area contributed by atoms with E-state index in [1.54, 1.807) is 19.2 Å². The molecule has 0 saturated heterocycles. The quantitative estimate of drug-likeness (QED) is 0.728. The van der Waals surface area contributed by atoms with Crippen molar-refractivity contribution in [3.8, 4) is 0 Å². The number of methoxy groups -OCH3 is 2. The molecule has 1 aromatic heterocycles. The van der Waals surface area contributed by atoms with E-state index in [1.807, 2.05) is 24.3 Å². The van der Waals surface area contributed by atoms with Crippen LogP contribution >= 0.6 is 15.9 Å². The number of benzene rings is 1. The second kappa shape index (κ2) is 8.65. The first-order valence-electron chi connectivity index (χ1n) is 7.24. The summed E-state index contributed by atoms with van der Waals surface area (Å²) in [6.45, 7) is 0.283. The monoisotopic (exact) mass is 395 g/mol. The van der Waals surface area contributed by atoms with E-state index in [9.17, 15) is 9.59 Å². The van der Waals surface area contributed by atoms with Crippen LogP contribution in [0.25, 0.3) is 0 Å². The Balaban J connectivity index is 2.15. The molecule has 0 aliphatic rings. The molecular formula is C17H18BrNO5. The van der Waals surface area contributed by atoms with Crippen molar-refractivity contribution in [1.82, 2.24) is 5.32 Å². The third-order valence-electron chi connectivity index (χ3n) is 3.35. The van der Waals surface area contributed by atoms with E-state index in [2.05, 4.69) is 21.2 Å². The molecule has 0 aliphatic carbocycles. The van der Waals surface area contributed by atoms with Gasteiger partial charge >= 0.3 is 5.97 Å². The Bertz CT molecular complexity index is 695. The number of carbonyl (C=O) groups excluding carboxylic acids is 2. The molecule has 0 aliphatic heterocycles. The first kappa shape index (κ1) is 18.2. The maximum absolute atomic E-state index is 12.4. The summed E-state index contributed by atoms with van der Waals surface area (Å²) in [5.41, 5.74) is 0.792. The minimum absolute atomic E-state index is 0.0233. The zero-order valence-corrected chi connectivity index (χ0v) is 15.0. The number of carbonyl (C=O) groups is 2. The maximum atomic E-state index is 12.4. The smallest absolute Gasteiger partial charge is 0.307 e. The van der Waals surface area contributed by atoms with Crippen LogP contribution in [0.1, 0.15) is 34.3 Å². The van der Waals surface area contributed by atoms with Crippen LogP contribution in [0.15, 0.2) is 45.3 Å². The second-order valence-electron chi connectivity index (χ2n) is 5.06. The number of nitrogens with one attached hydrogen (secondary N) is 1. The van der Waals surface area contributed by atoms with Crippen LogP contribution in [0.2, 0.25) is 0 Å². The molecule has 1 heterocycles. The van der Waals surface area contributed by atoms with Crippen LogP contribution in [0.3, 0.4) is 0 Å². The van der Waals surface area contributed by atoms with Gasteiger partial charge in [-0.1, -0.05) is 28.1 Å². The van der Waals surface area contributed by atoms with Crippen LogP contribution in [0.4, 0.5) is 0 Å². The fourth-order valence-electron chi connectivity index (χ4n) is 2.15. The number of hydrogen-bond acceptors (Lipinski definition) is 5. The third-order valence-corrected chi connectivity index (χ3v) is 3.88. The fourth-order valence-corrected chi connectivity index (χ4v) is 2.41. The van der Waals surface area contributed by atoms with Gasteiger partial charge in [0.1, 0.15) is 12.4 Å². The summed E-state index contributed by atoms with van der Waals surface area (Å²) in [5.74, 6) is -0.109. The number of esters is 1. The summed E-state index contributed by atoms with van der Waals surface area (Å²) in [6, 6.07) is 10.1. The average Bonchev–Trinajstić information content (AvgIpc) is 3.04. The Morgan fingerprint density at radius 1 is 1.17 bits per heavy atom. The van der Waals surface area contributed by atoms with Crippen molar-refractivity contribution in [3.63, 3.8) is 0 Å². The molecule has 1 N–H and O–H groups in total. The molecule has 0 radical (unpaired) electrons. The highest BCUT2D eigenvalue weighted by molar-refractivity contribution is 9.10. The molecule has 2 rings (SSSR count). The Hall–Kier alpha value is -2.12. The predicted molar refractivity (Wildman–Crippen MR) is 90.4 cm³/mol. The van der Waals surface area contributed by atoms with Crippen molar-refractivity contribution < 1.29 is 23.5 Å². The normalized spacial score (nSPS) is 11.8. The van der Waals surface area contributed by atoms with Crippen LogP contribution in [0.5, 0.6) is 0 Å². The molecule has 0 fully saturated rings. The summed E-state index contributed by atoms with van der Waals surface area (Å²) < 4.78 is 16.0. The van der Waals surface area contributed by atoms with Gasteiger partial charge < -0.3 is 19.2 Å². The lowest BCUT2D eigenvalue weighted by atomic mass is 10.0. The number of halogens is 1. The Kier molecular flexibility index (Phi) is 6.57. The fraction of sp³-hybridized carbons (Fsp3) is 0.294. The van der Waals surface area contributed by atoms with E-state index in [4.69, 9.17) is 13.9 Å². The summed E-state index contributed by atoms with van der Waals surface area (Å²) in [5, 5.41) is 2.80. The van der Waals surface area contributed by atoms with Crippen LogP contribution in [0, 0.1) is 0 Å². The van der Waals surface area contributed by atoms with Crippen LogP contribution in [-0.4, -0.2) is 26.1 Å². The van der Waals surface area contributed by atoms with Crippen molar-refractivity contribution in [2.45, 2.75) is 19.1 Å². The van der Waals surface area contributed by atoms with Crippen molar-refractivity contribution in [2.24, 2.45) is 0 Å². The number of amides is 1. The SMILES string of the molecule is COCc1ccc(C(=O)NC(CC(=O)OC)c2ccc(Br)cc2)o1. The molecule has 7 heteroatoms. The van der Waals surface area contributed by atoms with Gasteiger partial charge in [0.25, 0.3) is 5.91 Å². The third kappa shape index (κ3) is 4.94. The summed E-state index contributed by atoms with van der Waals surface area (Å²) in [4.78, 5) is 24.0. The molecule has 1 aromatic carbocycles. The van der Waals surface area contributed by atoms with Gasteiger partial charge in [-0.15, -0.1) is 0 Å². The maximum Gasteiger partial charge on any atom is 0.307 e. The van der Waals surface area contributed by atoms with E-state index in [0.29, 0.717) is 5.76 Å². The molecule has 1 unspecified atom stereocenters. The zero-order chi connectivity index (χ0) is 17.5. The molecular weight excluding hydrogens is 378 g/mol. The van der Waals surface area contributed by atoms with Crippen LogP contribution < -0.4 is 5.32 Å². The van der Waals surface area contributed by atoms with Crippen molar-refractivity contribution in [2.75, 3.05) is 14.2 Å². The first-order valence-corrected chi connectivity index (χ1v) is 8.03. The highest BCUT2D eigenvalue weighted by Crippen LogP contribution is 2.21. The van der Waals surface area contributed by atoms with Gasteiger partial charge in [-0.3, -0.25) is 9.59 Å². The minimum atomic E-state index is -0.519. The van der Waals surface area contributed by atoms with E-state index >= 15 is 0 Å². The summed E-state index contributed by atoms with van der Waals surface area (Å²) in [6.07, 6.45) is 0.0233. The topological polar surface area (TPSA) is 77.8 Å². The van der Waals surface area contributed by atoms with Crippen molar-refractivity contribution >= 4 is 27.8 Å². The van der Waals surface area contributed by atoms with Gasteiger partial charge in [-0.2, -0.15) is 0 Å². The van der Waals surface area contributed by atoms with E-state index in [1.165, 1.54) is 7.11 Å². The van der Waals surface area contributed by atoms with Gasteiger partial charge in [0.05, 0.1) is 19.6 Å². The Labute approximate surface area is 148 Å². The Morgan fingerprint density at radius 3 is 2.50 bits per heavy atom. The molecule has 128 valence electrons. The van der Waals surface area contributed by atoms with Gasteiger partial charge in [0.15, 0.2) is 5.76 Å². The van der Waals surface area contributed by atoms with E-state index in [-0.39, 0.29) is 18.8 Å². The summed E-state index contributed by atoms with van der Waals surface area (Å²) in [7, 11) is 2.86. The first-order chi connectivity index (χ1) is 11.5. The Morgan fingerprint density at radius 2 is 1.88 bits per heavy atom. The number of hydrogen-bond donors (Lipinski definition) is 1. The van der Waals surface area contributed by atoms with E-state index < -0.39 is 17.9 Å². The summed E-state index contributed by atoms with van der Waals surface area (Å²) >= 11 is 3.36. The molecule has 1 amide bonds. The number of rotatable bonds is 7. The van der Waals surface area contributed by atoms with Gasteiger partial charge in [0.2, 0.25) is 0 Å². The lowest BCUT2D eigenvalue weighted by Crippen LogP contribution is -2.30. The lowest BCUT2D eigenvalue weighted by Gasteiger charge is -2.17. The number of ether oxygens (including phenoxy) is 2. The zero-order valence-electron chi connectivity index (χ0n) is 13.4. The largest absolute Gasteiger partial charge is 0.469 e. The van der Waals surface area contributed by atoms with Crippen LogP contribution in [-0.2, 0) is 20.9 Å². The molecule has 6 nitrogen and oxygen atoms in total. The molecule has 0 spiro atoms. The predicted octanol–water partition coefficient (Wildman–Crippen LogP) is 3.22. The minimum Gasteiger partial charge on any atom is -0.469 e. The van der Waals surface area contributed by atoms with Crippen molar-refractivity contribution in [3.05, 3.63) is 58.0 Å². The highest BCUT2D eigenvalue weighted by atomic mass is 79.9.